The molecule has 0 saturated carbocycles. The Hall–Kier alpha value is -2.54. The fourth-order valence-corrected chi connectivity index (χ4v) is 21.1. The van der Waals surface area contributed by atoms with Crippen LogP contribution in [0.4, 0.5) is 0 Å². The molecule has 0 aromatic heterocycles. The van der Waals surface area contributed by atoms with Crippen molar-refractivity contribution in [2.75, 3.05) is 94.3 Å². The minimum atomic E-state index is -3.12. The smallest absolute Gasteiger partial charge is 0.306 e. The number of carboxylic acid groups (broad SMARTS) is 6. The summed E-state index contributed by atoms with van der Waals surface area (Å²) in [5.41, 5.74) is 0. The van der Waals surface area contributed by atoms with Crippen LogP contribution in [-0.4, -0.2) is 482 Å². The van der Waals surface area contributed by atoms with E-state index in [1.807, 2.05) is 0 Å². The molecule has 30 aliphatic rings. The highest BCUT2D eigenvalue weighted by molar-refractivity contribution is 8.00. The number of ether oxygens (including phenoxy) is 17. The van der Waals surface area contributed by atoms with E-state index in [1.165, 1.54) is 0 Å². The van der Waals surface area contributed by atoms with E-state index >= 15 is 0 Å². The first-order valence-electron chi connectivity index (χ1n) is 38.7. The topological polar surface area (TPSA) is 721 Å². The van der Waals surface area contributed by atoms with E-state index in [0.717, 1.165) is 89.4 Å². The number of carbonyl (C=O) groups excluding carboxylic acids is 1. The van der Waals surface area contributed by atoms with E-state index in [9.17, 15) is 146 Å². The number of hydrogen-bond acceptors (Lipinski definition) is 47. The Morgan fingerprint density at radius 3 is 0.811 bits per heavy atom. The molecule has 0 aromatic rings. The van der Waals surface area contributed by atoms with Crippen LogP contribution in [-0.2, 0) is 114 Å². The molecular formula is C69H108O46S7. The van der Waals surface area contributed by atoms with Gasteiger partial charge >= 0.3 is 41.8 Å². The summed E-state index contributed by atoms with van der Waals surface area (Å²) in [6.07, 6.45) is -77.5. The van der Waals surface area contributed by atoms with Gasteiger partial charge in [0.25, 0.3) is 5.97 Å². The summed E-state index contributed by atoms with van der Waals surface area (Å²) in [5, 5.41) is 251. The number of carbonyl (C=O) groups is 7. The van der Waals surface area contributed by atoms with Crippen LogP contribution in [0, 0.1) is 0 Å². The Morgan fingerprint density at radius 1 is 0.287 bits per heavy atom. The normalized spacial score (nSPS) is 42.4. The average molecular weight is 1900 g/mol. The zero-order valence-corrected chi connectivity index (χ0v) is 70.8. The van der Waals surface area contributed by atoms with E-state index in [2.05, 4.69) is 0 Å². The maximum atomic E-state index is 12.5. The lowest BCUT2D eigenvalue weighted by atomic mass is 9.95. The largest absolute Gasteiger partial charge is 0.481 e. The van der Waals surface area contributed by atoms with Gasteiger partial charge in [-0.3, -0.25) is 33.6 Å². The number of aliphatic carboxylic acids is 6. The fraction of sp³-hybridized carbons (Fsp3) is 0.899. The quantitative estimate of drug-likeness (QED) is 0.0207. The van der Waals surface area contributed by atoms with Crippen LogP contribution in [0.1, 0.15) is 51.4 Å². The van der Waals surface area contributed by atoms with Crippen LogP contribution < -0.4 is 0 Å². The molecule has 30 heterocycles. The molecule has 0 radical (unpaired) electrons. The Labute approximate surface area is 725 Å². The van der Waals surface area contributed by atoms with Crippen LogP contribution in [0.15, 0.2) is 0 Å². The summed E-state index contributed by atoms with van der Waals surface area (Å²) in [7, 11) is 1.14. The number of thioether (sulfide) groups is 7. The van der Waals surface area contributed by atoms with Gasteiger partial charge in [0.2, 0.25) is 0 Å². The number of esters is 1. The SMILES string of the molecule is COC(=O)CCSC[C@H]1O[C@@H]2O[C@H]3[C@H](O)[C@@H](O)[C@@H](O[C@H]4[C@H](O)[C@@H](O)[C@@H](O[C@H]5[C@H](O)C[C@@](O)(O[C@H]6[C@H](O)[C@@H](O)[C@@H](O[C@H]7[C@H](O)[C@@H](O)[C@@H](O[C@@H]8C(CSCCC(=O)O)O[C@H](O[C@@H]9CO[C@H](O[C@H]1[C@H](O)[C@H]2O)[C@H](O)[C@H]9O)[C@H](O)[C@H]8O)O[C@@H]7CSCCC(=O)O)O[C@@H]6CSCCC(=O)O)O[C@@H]5CSCCC(=O)O)O[C@@H]4CSCCC(=O)O)O[C@@H]3CSCCC(=O)O. The first-order chi connectivity index (χ1) is 57.9. The minimum Gasteiger partial charge on any atom is -0.481 e. The second kappa shape index (κ2) is 49.1. The third kappa shape index (κ3) is 28.5. The molecule has 30 fully saturated rings. The standard InChI is InChI=1S/C69H108O46S7/c1-99-40(83)8-15-122-22-27-56-43(86)51(94)65(104-27)112-59-30(20-118-11-4-36(75)76)105-67(52(95)45(59)88)111-58-29(19-117-10-3-35(73)74)103-64(50(93)44(58)87)108-55-25(70)16-69(98,114-33(55)24-121-14-7-39(81)82)115-61-32(23-120-13-6-38(79)80)107-68(54(97)47(61)90)113-60-31(21-119-12-5-37(77)78)106-66(53(96)46(60)89)110-57-28(18-116-9-2-34(71)72)102-63(49(92)42(57)85)101-26-17-100-62(109-56)48(91)41(26)84/h25-33,41-68,70,84-98H,2-24H2,1H3,(H,71,72)(H,73,74)(H,75,76)(H,77,78)(H,79,80)(H,81,82)/t25-,26-,27-,28?,29-,30-,31-,32-,33-,41+,42-,43-,44-,45-,46-,47-,48-,49-,50-,51-,52-,53-,54-,55+,56-,57-,58-,59-,60-,61-,62-,63+,64-,65-,66-,67-,68-,69+/m1/s1. The molecule has 0 amide bonds. The molecule has 122 heavy (non-hydrogen) atoms. The minimum absolute atomic E-state index is 0.0240. The molecule has 30 rings (SSSR count). The van der Waals surface area contributed by atoms with Crippen molar-refractivity contribution in [1.82, 2.24) is 0 Å². The van der Waals surface area contributed by atoms with Gasteiger partial charge in [0.05, 0.1) is 108 Å². The lowest BCUT2D eigenvalue weighted by Crippen LogP contribution is -2.68. The fourth-order valence-electron chi connectivity index (χ4n) is 14.2. The molecule has 46 nitrogen and oxygen atoms in total. The summed E-state index contributed by atoms with van der Waals surface area (Å²) in [6, 6.07) is 0. The van der Waals surface area contributed by atoms with Gasteiger partial charge in [-0.05, 0) is 0 Å². The highest BCUT2D eigenvalue weighted by atomic mass is 32.2. The molecule has 30 saturated heterocycles. The summed E-state index contributed by atoms with van der Waals surface area (Å²) >= 11 is 6.38. The van der Waals surface area contributed by atoms with Crippen molar-refractivity contribution in [1.29, 1.82) is 0 Å². The molecule has 1 unspecified atom stereocenters. The Kier molecular flexibility index (Phi) is 41.5. The van der Waals surface area contributed by atoms with Gasteiger partial charge in [0, 0.05) is 80.5 Å². The molecule has 38 atom stereocenters. The van der Waals surface area contributed by atoms with E-state index in [1.54, 1.807) is 0 Å². The summed E-state index contributed by atoms with van der Waals surface area (Å²) in [4.78, 5) is 82.7. The van der Waals surface area contributed by atoms with Crippen molar-refractivity contribution in [3.05, 3.63) is 0 Å². The van der Waals surface area contributed by atoms with Crippen LogP contribution in [0.3, 0.4) is 0 Å². The van der Waals surface area contributed by atoms with Crippen molar-refractivity contribution in [2.45, 2.75) is 284 Å². The number of aliphatic hydroxyl groups excluding tert-OH is 15. The molecule has 0 spiro atoms. The molecule has 16 bridgehead atoms. The maximum absolute atomic E-state index is 12.5. The van der Waals surface area contributed by atoms with Crippen LogP contribution in [0.25, 0.3) is 0 Å². The lowest BCUT2D eigenvalue weighted by molar-refractivity contribution is -0.451. The van der Waals surface area contributed by atoms with Crippen molar-refractivity contribution in [3.63, 3.8) is 0 Å². The third-order valence-corrected chi connectivity index (χ3v) is 28.0. The highest BCUT2D eigenvalue weighted by Gasteiger charge is 2.61. The van der Waals surface area contributed by atoms with Crippen LogP contribution >= 0.6 is 82.3 Å². The molecule has 30 aliphatic heterocycles. The second-order valence-corrected chi connectivity index (χ2v) is 37.6. The maximum Gasteiger partial charge on any atom is 0.306 e. The van der Waals surface area contributed by atoms with Crippen molar-refractivity contribution in [3.8, 4) is 0 Å². The first kappa shape index (κ1) is 103. The van der Waals surface area contributed by atoms with Crippen molar-refractivity contribution < 1.29 is 226 Å². The Balaban J connectivity index is 1.08. The lowest BCUT2D eigenvalue weighted by Gasteiger charge is -2.51. The zero-order valence-electron chi connectivity index (χ0n) is 65.1. The molecule has 0 aromatic carbocycles. The predicted octanol–water partition coefficient (Wildman–Crippen LogP) is -7.82. The summed E-state index contributed by atoms with van der Waals surface area (Å²) in [6.45, 7) is -0.770. The van der Waals surface area contributed by atoms with Gasteiger partial charge < -0.3 is 193 Å². The first-order valence-corrected chi connectivity index (χ1v) is 46.8. The number of methoxy groups -OCH3 is 1. The van der Waals surface area contributed by atoms with E-state index in [4.69, 9.17) is 80.5 Å². The third-order valence-electron chi connectivity index (χ3n) is 20.6. The van der Waals surface area contributed by atoms with E-state index in [-0.39, 0.29) is 75.5 Å². The second-order valence-electron chi connectivity index (χ2n) is 29.5. The molecule has 53 heteroatoms. The van der Waals surface area contributed by atoms with Crippen molar-refractivity contribution in [2.24, 2.45) is 0 Å². The molecular weight excluding hydrogens is 1790 g/mol. The summed E-state index contributed by atoms with van der Waals surface area (Å²) < 4.78 is 104. The monoisotopic (exact) mass is 1900 g/mol. The molecule has 22 N–H and O–H groups in total. The Morgan fingerprint density at radius 2 is 0.525 bits per heavy atom. The predicted molar refractivity (Wildman–Crippen MR) is 417 cm³/mol. The van der Waals surface area contributed by atoms with Gasteiger partial charge in [0.1, 0.15) is 140 Å². The molecule has 0 aliphatic carbocycles. The summed E-state index contributed by atoms with van der Waals surface area (Å²) in [5.74, 6) is -14.4. The zero-order chi connectivity index (χ0) is 89.1. The van der Waals surface area contributed by atoms with Gasteiger partial charge in [-0.1, -0.05) is 0 Å². The van der Waals surface area contributed by atoms with E-state index < -0.39 is 338 Å². The molecule has 702 valence electrons. The highest BCUT2D eigenvalue weighted by Crippen LogP contribution is 2.43. The van der Waals surface area contributed by atoms with Gasteiger partial charge in [0.15, 0.2) is 44.0 Å². The number of carboxylic acids is 6. The van der Waals surface area contributed by atoms with Crippen LogP contribution in [0.5, 0.6) is 0 Å². The number of aliphatic hydroxyl groups is 16. The van der Waals surface area contributed by atoms with Crippen LogP contribution in [0.2, 0.25) is 0 Å². The van der Waals surface area contributed by atoms with Gasteiger partial charge in [-0.15, -0.1) is 0 Å². The van der Waals surface area contributed by atoms with Gasteiger partial charge in [-0.25, -0.2) is 0 Å². The number of hydrogen-bond donors (Lipinski definition) is 22. The van der Waals surface area contributed by atoms with E-state index in [0.29, 0.717) is 0 Å². The van der Waals surface area contributed by atoms with Gasteiger partial charge in [-0.2, -0.15) is 82.3 Å². The average Bonchev–Trinajstić information content (AvgIpc) is 0.782. The number of rotatable bonds is 35. The Bertz CT molecular complexity index is 3290. The van der Waals surface area contributed by atoms with Crippen molar-refractivity contribution >= 4 is 124 Å².